The van der Waals surface area contributed by atoms with Crippen molar-refractivity contribution in [3.63, 3.8) is 0 Å². The van der Waals surface area contributed by atoms with Gasteiger partial charge in [0.2, 0.25) is 10.0 Å². The summed E-state index contributed by atoms with van der Waals surface area (Å²) in [4.78, 5) is 11.2. The maximum atomic E-state index is 11.2. The molecule has 0 fully saturated rings. The fraction of sp³-hybridized carbons (Fsp3) is 0.375. The van der Waals surface area contributed by atoms with E-state index in [0.29, 0.717) is 12.0 Å². The van der Waals surface area contributed by atoms with Crippen LogP contribution in [0.5, 0.6) is 0 Å². The van der Waals surface area contributed by atoms with Gasteiger partial charge in [-0.25, -0.2) is 8.42 Å². The van der Waals surface area contributed by atoms with E-state index in [1.807, 2.05) is 6.08 Å². The molecule has 0 radical (unpaired) electrons. The lowest BCUT2D eigenvalue weighted by molar-refractivity contribution is -0.115. The van der Waals surface area contributed by atoms with E-state index in [2.05, 4.69) is 4.72 Å². The summed E-state index contributed by atoms with van der Waals surface area (Å²) in [6, 6.07) is 0. The van der Waals surface area contributed by atoms with Gasteiger partial charge in [0.05, 0.1) is 6.26 Å². The first-order chi connectivity index (χ1) is 5.99. The van der Waals surface area contributed by atoms with Crippen LogP contribution in [-0.4, -0.2) is 20.5 Å². The molecule has 0 aromatic carbocycles. The van der Waals surface area contributed by atoms with E-state index >= 15 is 0 Å². The van der Waals surface area contributed by atoms with Gasteiger partial charge in [-0.05, 0) is 6.42 Å². The van der Waals surface area contributed by atoms with Crippen LogP contribution in [0.4, 0.5) is 0 Å². The average Bonchev–Trinajstić information content (AvgIpc) is 2.01. The second-order valence-corrected chi connectivity index (χ2v) is 4.63. The highest BCUT2D eigenvalue weighted by Gasteiger charge is 2.10. The summed E-state index contributed by atoms with van der Waals surface area (Å²) < 4.78 is 23.5. The molecule has 1 N–H and O–H groups in total. The predicted molar refractivity (Wildman–Crippen MR) is 49.4 cm³/mol. The molecule has 0 saturated heterocycles. The van der Waals surface area contributed by atoms with Crippen LogP contribution in [0.2, 0.25) is 0 Å². The zero-order chi connectivity index (χ0) is 9.90. The topological polar surface area (TPSA) is 63.2 Å². The van der Waals surface area contributed by atoms with E-state index in [-0.39, 0.29) is 5.78 Å². The maximum absolute atomic E-state index is 11.2. The van der Waals surface area contributed by atoms with Crippen molar-refractivity contribution in [1.82, 2.24) is 4.72 Å². The third-order valence-electron chi connectivity index (χ3n) is 1.59. The zero-order valence-electron chi connectivity index (χ0n) is 7.28. The molecule has 0 aromatic heterocycles. The number of hydrogen-bond acceptors (Lipinski definition) is 3. The number of nitrogens with one attached hydrogen (secondary N) is 1. The summed E-state index contributed by atoms with van der Waals surface area (Å²) in [6.07, 6.45) is 6.93. The molecular formula is C8H11NO3S. The van der Waals surface area contributed by atoms with Gasteiger partial charge in [-0.1, -0.05) is 12.2 Å². The van der Waals surface area contributed by atoms with Crippen LogP contribution in [0, 0.1) is 0 Å². The summed E-state index contributed by atoms with van der Waals surface area (Å²) >= 11 is 0. The molecule has 5 heteroatoms. The lowest BCUT2D eigenvalue weighted by Gasteiger charge is -2.06. The van der Waals surface area contributed by atoms with Crippen molar-refractivity contribution in [1.29, 1.82) is 0 Å². The number of ketones is 1. The number of carbonyl (C=O) groups excluding carboxylic acids is 1. The Hall–Kier alpha value is -1.10. The van der Waals surface area contributed by atoms with Gasteiger partial charge in [-0.15, -0.1) is 0 Å². The number of sulfonamides is 1. The second-order valence-electron chi connectivity index (χ2n) is 2.85. The standard InChI is InChI=1S/C8H11NO3S/c1-13(11,12)9-6-7-4-2-3-5-8(7)10/h2,4,6,9H,3,5H2,1H3. The Morgan fingerprint density at radius 3 is 2.77 bits per heavy atom. The summed E-state index contributed by atoms with van der Waals surface area (Å²) in [7, 11) is -3.26. The molecule has 1 aliphatic carbocycles. The molecule has 13 heavy (non-hydrogen) atoms. The molecule has 0 aromatic rings. The molecule has 0 heterocycles. The lowest BCUT2D eigenvalue weighted by atomic mass is 10.0. The molecular weight excluding hydrogens is 190 g/mol. The van der Waals surface area contributed by atoms with E-state index in [1.165, 1.54) is 6.20 Å². The van der Waals surface area contributed by atoms with Crippen LogP contribution < -0.4 is 4.72 Å². The Morgan fingerprint density at radius 2 is 2.23 bits per heavy atom. The molecule has 0 saturated carbocycles. The number of allylic oxidation sites excluding steroid dienone is 3. The van der Waals surface area contributed by atoms with E-state index in [1.54, 1.807) is 6.08 Å². The monoisotopic (exact) mass is 201 g/mol. The molecule has 0 aliphatic heterocycles. The van der Waals surface area contributed by atoms with Gasteiger partial charge < -0.3 is 0 Å². The third kappa shape index (κ3) is 3.42. The Balaban J connectivity index is 2.76. The Kier molecular flexibility index (Phi) is 2.87. The van der Waals surface area contributed by atoms with Crippen LogP contribution in [0.15, 0.2) is 23.9 Å². The van der Waals surface area contributed by atoms with Crippen LogP contribution in [0.25, 0.3) is 0 Å². The summed E-state index contributed by atoms with van der Waals surface area (Å²) in [5.74, 6) is -0.0290. The van der Waals surface area contributed by atoms with Gasteiger partial charge in [0.15, 0.2) is 5.78 Å². The van der Waals surface area contributed by atoms with Crippen molar-refractivity contribution in [2.24, 2.45) is 0 Å². The largest absolute Gasteiger partial charge is 0.294 e. The smallest absolute Gasteiger partial charge is 0.229 e. The first kappa shape index (κ1) is 9.98. The van der Waals surface area contributed by atoms with Crippen LogP contribution >= 0.6 is 0 Å². The van der Waals surface area contributed by atoms with Crippen molar-refractivity contribution in [2.45, 2.75) is 12.8 Å². The molecule has 4 nitrogen and oxygen atoms in total. The lowest BCUT2D eigenvalue weighted by Crippen LogP contribution is -2.17. The summed E-state index contributed by atoms with van der Waals surface area (Å²) in [5.41, 5.74) is 0.414. The van der Waals surface area contributed by atoms with Crippen molar-refractivity contribution in [2.75, 3.05) is 6.26 Å². The normalized spacial score (nSPS) is 20.7. The molecule has 0 amide bonds. The quantitative estimate of drug-likeness (QED) is 0.655. The Labute approximate surface area is 77.4 Å². The summed E-state index contributed by atoms with van der Waals surface area (Å²) in [5, 5.41) is 0. The number of Topliss-reactive ketones (excluding diaryl/α,β-unsaturated/α-hetero) is 1. The highest BCUT2D eigenvalue weighted by atomic mass is 32.2. The van der Waals surface area contributed by atoms with Gasteiger partial charge in [-0.2, -0.15) is 0 Å². The number of rotatable bonds is 2. The van der Waals surface area contributed by atoms with Gasteiger partial charge in [0.1, 0.15) is 0 Å². The van der Waals surface area contributed by atoms with Crippen LogP contribution in [0.3, 0.4) is 0 Å². The molecule has 0 spiro atoms. The van der Waals surface area contributed by atoms with Crippen molar-refractivity contribution in [3.05, 3.63) is 23.9 Å². The molecule has 0 atom stereocenters. The fourth-order valence-electron chi connectivity index (χ4n) is 0.961. The summed E-state index contributed by atoms with van der Waals surface area (Å²) in [6.45, 7) is 0. The molecule has 1 rings (SSSR count). The minimum Gasteiger partial charge on any atom is -0.294 e. The Bertz CT molecular complexity index is 365. The second kappa shape index (κ2) is 3.74. The highest BCUT2D eigenvalue weighted by molar-refractivity contribution is 7.88. The minimum atomic E-state index is -3.26. The van der Waals surface area contributed by atoms with Crippen LogP contribution in [0.1, 0.15) is 12.8 Å². The van der Waals surface area contributed by atoms with E-state index in [4.69, 9.17) is 0 Å². The highest BCUT2D eigenvalue weighted by Crippen LogP contribution is 2.11. The van der Waals surface area contributed by atoms with Crippen molar-refractivity contribution >= 4 is 15.8 Å². The van der Waals surface area contributed by atoms with Gasteiger partial charge in [0, 0.05) is 18.2 Å². The zero-order valence-corrected chi connectivity index (χ0v) is 8.10. The molecule has 0 bridgehead atoms. The average molecular weight is 201 g/mol. The van der Waals surface area contributed by atoms with E-state index in [0.717, 1.165) is 12.7 Å². The van der Waals surface area contributed by atoms with Gasteiger partial charge in [-0.3, -0.25) is 9.52 Å². The van der Waals surface area contributed by atoms with E-state index < -0.39 is 10.0 Å². The molecule has 0 unspecified atom stereocenters. The number of carbonyl (C=O) groups is 1. The SMILES string of the molecule is CS(=O)(=O)NC=C1C=CCCC1=O. The van der Waals surface area contributed by atoms with Gasteiger partial charge in [0.25, 0.3) is 0 Å². The number of hydrogen-bond donors (Lipinski definition) is 1. The first-order valence-corrected chi connectivity index (χ1v) is 5.75. The minimum absolute atomic E-state index is 0.0290. The fourth-order valence-corrected chi connectivity index (χ4v) is 1.30. The van der Waals surface area contributed by atoms with Gasteiger partial charge >= 0.3 is 0 Å². The van der Waals surface area contributed by atoms with Crippen molar-refractivity contribution in [3.8, 4) is 0 Å². The predicted octanol–water partition coefficient (Wildman–Crippen LogP) is 0.339. The first-order valence-electron chi connectivity index (χ1n) is 3.86. The van der Waals surface area contributed by atoms with Crippen molar-refractivity contribution < 1.29 is 13.2 Å². The third-order valence-corrected chi connectivity index (χ3v) is 2.13. The maximum Gasteiger partial charge on any atom is 0.229 e. The Morgan fingerprint density at radius 1 is 1.54 bits per heavy atom. The molecule has 1 aliphatic rings. The van der Waals surface area contributed by atoms with E-state index in [9.17, 15) is 13.2 Å². The van der Waals surface area contributed by atoms with Crippen LogP contribution in [-0.2, 0) is 14.8 Å². The molecule has 72 valence electrons.